The Morgan fingerprint density at radius 2 is 1.88 bits per heavy atom. The van der Waals surface area contributed by atoms with Crippen LogP contribution in [0.4, 0.5) is 5.13 Å². The van der Waals surface area contributed by atoms with Crippen LogP contribution in [0.15, 0.2) is 42.5 Å². The largest absolute Gasteiger partial charge is 0.497 e. The van der Waals surface area contributed by atoms with Crippen molar-refractivity contribution in [1.29, 1.82) is 0 Å². The van der Waals surface area contributed by atoms with E-state index in [1.54, 1.807) is 50.1 Å². The molecular formula is C25H30ClN3O4S. The average Bonchev–Trinajstić information content (AvgIpc) is 3.26. The molecule has 1 aromatic heterocycles. The summed E-state index contributed by atoms with van der Waals surface area (Å²) in [5.74, 6) is 1.18. The van der Waals surface area contributed by atoms with Crippen LogP contribution in [-0.4, -0.2) is 67.9 Å². The summed E-state index contributed by atoms with van der Waals surface area (Å²) in [7, 11) is 1.63. The summed E-state index contributed by atoms with van der Waals surface area (Å²) < 4.78 is 17.9. The number of hydrogen-bond donors (Lipinski definition) is 0. The van der Waals surface area contributed by atoms with Gasteiger partial charge in [0.15, 0.2) is 10.7 Å². The van der Waals surface area contributed by atoms with E-state index in [4.69, 9.17) is 30.8 Å². The lowest BCUT2D eigenvalue weighted by atomic mass is 10.1. The fourth-order valence-electron chi connectivity index (χ4n) is 3.86. The van der Waals surface area contributed by atoms with Gasteiger partial charge in [0.05, 0.1) is 30.5 Å². The number of anilines is 1. The van der Waals surface area contributed by atoms with Crippen LogP contribution in [0.5, 0.6) is 11.5 Å². The van der Waals surface area contributed by atoms with Crippen molar-refractivity contribution in [3.8, 4) is 11.5 Å². The molecule has 2 aromatic carbocycles. The third kappa shape index (κ3) is 5.99. The van der Waals surface area contributed by atoms with Gasteiger partial charge in [-0.15, -0.1) is 0 Å². The Morgan fingerprint density at radius 3 is 2.59 bits per heavy atom. The Morgan fingerprint density at radius 1 is 1.18 bits per heavy atom. The minimum atomic E-state index is -1.09. The number of morpholine rings is 1. The third-order valence-corrected chi connectivity index (χ3v) is 7.03. The maximum atomic E-state index is 13.8. The summed E-state index contributed by atoms with van der Waals surface area (Å²) >= 11 is 7.49. The molecule has 2 heterocycles. The molecule has 0 unspecified atom stereocenters. The van der Waals surface area contributed by atoms with E-state index in [0.717, 1.165) is 55.2 Å². The lowest BCUT2D eigenvalue weighted by molar-refractivity contribution is -0.131. The van der Waals surface area contributed by atoms with Crippen LogP contribution in [-0.2, 0) is 9.53 Å². The van der Waals surface area contributed by atoms with E-state index in [1.807, 2.05) is 18.2 Å². The zero-order valence-electron chi connectivity index (χ0n) is 19.8. The number of amides is 1. The summed E-state index contributed by atoms with van der Waals surface area (Å²) in [4.78, 5) is 22.7. The molecule has 7 nitrogen and oxygen atoms in total. The SMILES string of the molecule is COc1ccc2sc(N(CCCN3CCOCC3)C(=O)C(C)(C)Oc3ccc(Cl)cc3)nc2c1. The highest BCUT2D eigenvalue weighted by atomic mass is 35.5. The molecule has 0 saturated carbocycles. The number of fused-ring (bicyclic) bond motifs is 1. The molecule has 0 aliphatic carbocycles. The molecule has 1 aliphatic heterocycles. The van der Waals surface area contributed by atoms with Crippen molar-refractivity contribution in [2.75, 3.05) is 51.4 Å². The molecule has 1 aliphatic rings. The van der Waals surface area contributed by atoms with Gasteiger partial charge >= 0.3 is 0 Å². The second kappa shape index (κ2) is 10.9. The van der Waals surface area contributed by atoms with Crippen molar-refractivity contribution >= 4 is 44.2 Å². The molecule has 34 heavy (non-hydrogen) atoms. The number of methoxy groups -OCH3 is 1. The minimum absolute atomic E-state index is 0.143. The number of halogens is 1. The quantitative estimate of drug-likeness (QED) is 0.415. The highest BCUT2D eigenvalue weighted by Crippen LogP contribution is 2.33. The van der Waals surface area contributed by atoms with Gasteiger partial charge in [0, 0.05) is 37.3 Å². The molecule has 3 aromatic rings. The molecule has 9 heteroatoms. The predicted octanol–water partition coefficient (Wildman–Crippen LogP) is 4.87. The van der Waals surface area contributed by atoms with Gasteiger partial charge in [-0.25, -0.2) is 4.98 Å². The third-order valence-electron chi connectivity index (χ3n) is 5.72. The van der Waals surface area contributed by atoms with Crippen molar-refractivity contribution in [1.82, 2.24) is 9.88 Å². The van der Waals surface area contributed by atoms with E-state index in [0.29, 0.717) is 22.4 Å². The summed E-state index contributed by atoms with van der Waals surface area (Å²) in [6, 6.07) is 12.8. The van der Waals surface area contributed by atoms with Crippen LogP contribution in [0.3, 0.4) is 0 Å². The molecule has 1 saturated heterocycles. The number of rotatable bonds is 9. The van der Waals surface area contributed by atoms with Gasteiger partial charge in [-0.2, -0.15) is 0 Å². The first-order chi connectivity index (χ1) is 16.4. The highest BCUT2D eigenvalue weighted by molar-refractivity contribution is 7.22. The van der Waals surface area contributed by atoms with E-state index < -0.39 is 5.60 Å². The topological polar surface area (TPSA) is 64.1 Å². The van der Waals surface area contributed by atoms with Gasteiger partial charge in [0.2, 0.25) is 0 Å². The summed E-state index contributed by atoms with van der Waals surface area (Å²) in [5.41, 5.74) is -0.288. The number of carbonyl (C=O) groups is 1. The smallest absolute Gasteiger partial charge is 0.272 e. The van der Waals surface area contributed by atoms with Crippen molar-refractivity contribution in [3.63, 3.8) is 0 Å². The van der Waals surface area contributed by atoms with E-state index in [2.05, 4.69) is 4.90 Å². The van der Waals surface area contributed by atoms with Gasteiger partial charge in [0.25, 0.3) is 5.91 Å². The molecule has 182 valence electrons. The zero-order valence-corrected chi connectivity index (χ0v) is 21.3. The Balaban J connectivity index is 1.56. The lowest BCUT2D eigenvalue weighted by Crippen LogP contribution is -2.50. The molecule has 0 atom stereocenters. The molecule has 1 amide bonds. The maximum Gasteiger partial charge on any atom is 0.272 e. The van der Waals surface area contributed by atoms with Crippen LogP contribution >= 0.6 is 22.9 Å². The molecule has 0 bridgehead atoms. The number of carbonyl (C=O) groups excluding carboxylic acids is 1. The highest BCUT2D eigenvalue weighted by Gasteiger charge is 2.36. The minimum Gasteiger partial charge on any atom is -0.497 e. The number of thiazole rings is 1. The summed E-state index contributed by atoms with van der Waals surface area (Å²) in [6.45, 7) is 8.35. The first-order valence-electron chi connectivity index (χ1n) is 11.4. The number of benzene rings is 2. The monoisotopic (exact) mass is 503 g/mol. The Kier molecular flexibility index (Phi) is 7.93. The average molecular weight is 504 g/mol. The van der Waals surface area contributed by atoms with E-state index in [-0.39, 0.29) is 5.91 Å². The number of aromatic nitrogens is 1. The van der Waals surface area contributed by atoms with Gasteiger partial charge in [-0.3, -0.25) is 14.6 Å². The Hall–Kier alpha value is -2.39. The standard InChI is InChI=1S/C25H30ClN3O4S/c1-25(2,33-19-7-5-18(26)6-8-19)23(30)29(12-4-11-28-13-15-32-16-14-28)24-27-21-17-20(31-3)9-10-22(21)34-24/h5-10,17H,4,11-16H2,1-3H3. The molecule has 1 fully saturated rings. The molecular weight excluding hydrogens is 474 g/mol. The van der Waals surface area contributed by atoms with Crippen molar-refractivity contribution in [2.24, 2.45) is 0 Å². The first kappa shape index (κ1) is 24.7. The Labute approximate surface area is 209 Å². The number of nitrogens with zero attached hydrogens (tertiary/aromatic N) is 3. The molecule has 4 rings (SSSR count). The number of hydrogen-bond acceptors (Lipinski definition) is 7. The first-order valence-corrected chi connectivity index (χ1v) is 12.6. The molecule has 0 radical (unpaired) electrons. The van der Waals surface area contributed by atoms with Crippen molar-refractivity contribution < 1.29 is 19.0 Å². The van der Waals surface area contributed by atoms with E-state index >= 15 is 0 Å². The zero-order chi connectivity index (χ0) is 24.1. The van der Waals surface area contributed by atoms with Gasteiger partial charge < -0.3 is 14.2 Å². The second-order valence-electron chi connectivity index (χ2n) is 8.66. The van der Waals surface area contributed by atoms with Crippen LogP contribution in [0.1, 0.15) is 20.3 Å². The van der Waals surface area contributed by atoms with Gasteiger partial charge in [-0.1, -0.05) is 22.9 Å². The van der Waals surface area contributed by atoms with Crippen LogP contribution < -0.4 is 14.4 Å². The number of ether oxygens (including phenoxy) is 3. The maximum absolute atomic E-state index is 13.8. The van der Waals surface area contributed by atoms with Crippen LogP contribution in [0.2, 0.25) is 5.02 Å². The summed E-state index contributed by atoms with van der Waals surface area (Å²) in [5, 5.41) is 1.27. The van der Waals surface area contributed by atoms with Crippen molar-refractivity contribution in [3.05, 3.63) is 47.5 Å². The predicted molar refractivity (Wildman–Crippen MR) is 137 cm³/mol. The lowest BCUT2D eigenvalue weighted by Gasteiger charge is -2.32. The Bertz CT molecular complexity index is 1110. The van der Waals surface area contributed by atoms with Gasteiger partial charge in [-0.05, 0) is 56.7 Å². The van der Waals surface area contributed by atoms with Crippen molar-refractivity contribution in [2.45, 2.75) is 25.9 Å². The fourth-order valence-corrected chi connectivity index (χ4v) is 4.96. The summed E-state index contributed by atoms with van der Waals surface area (Å²) in [6.07, 6.45) is 0.821. The molecule has 0 N–H and O–H groups in total. The van der Waals surface area contributed by atoms with E-state index in [1.165, 1.54) is 11.3 Å². The second-order valence-corrected chi connectivity index (χ2v) is 10.1. The molecule has 0 spiro atoms. The van der Waals surface area contributed by atoms with Crippen LogP contribution in [0.25, 0.3) is 10.2 Å². The van der Waals surface area contributed by atoms with Crippen LogP contribution in [0, 0.1) is 0 Å². The van der Waals surface area contributed by atoms with E-state index in [9.17, 15) is 4.79 Å². The fraction of sp³-hybridized carbons (Fsp3) is 0.440. The normalized spacial score (nSPS) is 14.8. The van der Waals surface area contributed by atoms with Gasteiger partial charge in [0.1, 0.15) is 11.5 Å².